The van der Waals surface area contributed by atoms with Gasteiger partial charge < -0.3 is 15.4 Å². The Morgan fingerprint density at radius 2 is 2.12 bits per heavy atom. The molecule has 2 N–H and O–H groups in total. The zero-order valence-electron chi connectivity index (χ0n) is 15.2. The topological polar surface area (TPSA) is 58.5 Å². The molecule has 142 valence electrons. The van der Waals surface area contributed by atoms with E-state index in [-0.39, 0.29) is 12.4 Å². The van der Waals surface area contributed by atoms with Gasteiger partial charge in [-0.3, -0.25) is 0 Å². The summed E-state index contributed by atoms with van der Waals surface area (Å²) in [5.74, 6) is -0.269. The maximum absolute atomic E-state index is 13.5. The number of guanidine groups is 1. The monoisotopic (exact) mass is 382 g/mol. The molecule has 5 nitrogen and oxygen atoms in total. The van der Waals surface area contributed by atoms with Crippen LogP contribution in [0.4, 0.5) is 8.78 Å². The fourth-order valence-electron chi connectivity index (χ4n) is 2.08. The van der Waals surface area contributed by atoms with Gasteiger partial charge in [0.15, 0.2) is 17.5 Å². The normalized spacial score (nSPS) is 11.7. The lowest BCUT2D eigenvalue weighted by atomic mass is 10.2. The van der Waals surface area contributed by atoms with E-state index >= 15 is 0 Å². The number of halogens is 2. The molecular weight excluding hydrogens is 358 g/mol. The van der Waals surface area contributed by atoms with Gasteiger partial charge in [0.1, 0.15) is 12.4 Å². The Morgan fingerprint density at radius 3 is 2.77 bits per heavy atom. The molecule has 26 heavy (non-hydrogen) atoms. The van der Waals surface area contributed by atoms with Gasteiger partial charge in [0.2, 0.25) is 0 Å². The van der Waals surface area contributed by atoms with Crippen molar-refractivity contribution in [3.8, 4) is 5.75 Å². The standard InChI is InChI=1S/C18H24F2N4OS/c1-4-21-18(23-10-14-11-26-17(24-14)12(2)3)22-7-8-25-16-6-5-13(19)9-15(16)20/h5-6,9,11-12H,4,7-8,10H2,1-3H3,(H2,21,22,23). The number of thiazole rings is 1. The van der Waals surface area contributed by atoms with E-state index in [0.717, 1.165) is 22.8 Å². The summed E-state index contributed by atoms with van der Waals surface area (Å²) in [7, 11) is 0. The van der Waals surface area contributed by atoms with Crippen LogP contribution in [-0.4, -0.2) is 30.6 Å². The third-order valence-electron chi connectivity index (χ3n) is 3.35. The molecule has 0 aliphatic rings. The lowest BCUT2D eigenvalue weighted by Gasteiger charge is -2.12. The first-order valence-corrected chi connectivity index (χ1v) is 9.42. The first-order chi connectivity index (χ1) is 12.5. The largest absolute Gasteiger partial charge is 0.489 e. The smallest absolute Gasteiger partial charge is 0.191 e. The van der Waals surface area contributed by atoms with Gasteiger partial charge >= 0.3 is 0 Å². The molecule has 0 aliphatic carbocycles. The van der Waals surface area contributed by atoms with Crippen molar-refractivity contribution in [2.45, 2.75) is 33.2 Å². The van der Waals surface area contributed by atoms with E-state index in [4.69, 9.17) is 4.74 Å². The van der Waals surface area contributed by atoms with Crippen LogP contribution >= 0.6 is 11.3 Å². The van der Waals surface area contributed by atoms with Crippen LogP contribution in [0.15, 0.2) is 28.6 Å². The quantitative estimate of drug-likeness (QED) is 0.415. The Bertz CT molecular complexity index is 734. The van der Waals surface area contributed by atoms with E-state index in [0.29, 0.717) is 31.5 Å². The van der Waals surface area contributed by atoms with Gasteiger partial charge in [-0.25, -0.2) is 18.8 Å². The molecule has 0 bridgehead atoms. The zero-order chi connectivity index (χ0) is 18.9. The fourth-order valence-corrected chi connectivity index (χ4v) is 2.91. The summed E-state index contributed by atoms with van der Waals surface area (Å²) >= 11 is 1.64. The SMILES string of the molecule is CCNC(=NCc1csc(C(C)C)n1)NCCOc1ccc(F)cc1F. The molecule has 1 aromatic heterocycles. The molecule has 0 unspecified atom stereocenters. The number of nitrogens with one attached hydrogen (secondary N) is 2. The highest BCUT2D eigenvalue weighted by molar-refractivity contribution is 7.09. The number of aliphatic imine (C=N–C) groups is 1. The first kappa shape index (κ1) is 20.1. The molecule has 1 aromatic carbocycles. The number of hydrogen-bond acceptors (Lipinski definition) is 4. The molecule has 0 amide bonds. The summed E-state index contributed by atoms with van der Waals surface area (Å²) in [5.41, 5.74) is 0.931. The molecule has 2 rings (SSSR count). The summed E-state index contributed by atoms with van der Waals surface area (Å²) in [6.07, 6.45) is 0. The van der Waals surface area contributed by atoms with Crippen LogP contribution in [0.1, 0.15) is 37.4 Å². The van der Waals surface area contributed by atoms with Gasteiger partial charge in [0.25, 0.3) is 0 Å². The van der Waals surface area contributed by atoms with Crippen molar-refractivity contribution in [1.82, 2.24) is 15.6 Å². The highest BCUT2D eigenvalue weighted by atomic mass is 32.1. The molecule has 0 fully saturated rings. The Hall–Kier alpha value is -2.22. The summed E-state index contributed by atoms with van der Waals surface area (Å²) in [6.45, 7) is 8.04. The van der Waals surface area contributed by atoms with E-state index < -0.39 is 11.6 Å². The van der Waals surface area contributed by atoms with Gasteiger partial charge in [-0.1, -0.05) is 13.8 Å². The third-order valence-corrected chi connectivity index (χ3v) is 4.55. The van der Waals surface area contributed by atoms with Gasteiger partial charge in [-0.05, 0) is 19.1 Å². The average molecular weight is 382 g/mol. The van der Waals surface area contributed by atoms with Crippen molar-refractivity contribution < 1.29 is 13.5 Å². The number of ether oxygens (including phenoxy) is 1. The first-order valence-electron chi connectivity index (χ1n) is 8.54. The van der Waals surface area contributed by atoms with E-state index in [1.807, 2.05) is 12.3 Å². The average Bonchev–Trinajstić information content (AvgIpc) is 3.07. The lowest BCUT2D eigenvalue weighted by Crippen LogP contribution is -2.39. The van der Waals surface area contributed by atoms with Crippen molar-refractivity contribution in [3.05, 3.63) is 45.9 Å². The molecule has 2 aromatic rings. The molecule has 0 aliphatic heterocycles. The van der Waals surface area contributed by atoms with Crippen molar-refractivity contribution in [2.24, 2.45) is 4.99 Å². The second kappa shape index (κ2) is 10.1. The van der Waals surface area contributed by atoms with Gasteiger partial charge in [-0.15, -0.1) is 11.3 Å². The van der Waals surface area contributed by atoms with Crippen molar-refractivity contribution in [2.75, 3.05) is 19.7 Å². The fraction of sp³-hybridized carbons (Fsp3) is 0.444. The van der Waals surface area contributed by atoms with Crippen molar-refractivity contribution in [1.29, 1.82) is 0 Å². The van der Waals surface area contributed by atoms with Crippen LogP contribution in [0.3, 0.4) is 0 Å². The molecule has 0 saturated carbocycles. The molecule has 0 radical (unpaired) electrons. The summed E-state index contributed by atoms with van der Waals surface area (Å²) in [6, 6.07) is 3.24. The van der Waals surface area contributed by atoms with Crippen molar-refractivity contribution in [3.63, 3.8) is 0 Å². The molecular formula is C18H24F2N4OS. The Kier molecular flexibility index (Phi) is 7.77. The molecule has 0 atom stereocenters. The second-order valence-electron chi connectivity index (χ2n) is 5.88. The Labute approximate surface area is 156 Å². The summed E-state index contributed by atoms with van der Waals surface area (Å²) < 4.78 is 31.7. The number of aromatic nitrogens is 1. The third kappa shape index (κ3) is 6.25. The summed E-state index contributed by atoms with van der Waals surface area (Å²) in [5, 5.41) is 9.37. The predicted octanol–water partition coefficient (Wildman–Crippen LogP) is 3.68. The maximum Gasteiger partial charge on any atom is 0.191 e. The minimum absolute atomic E-state index is 0.0267. The van der Waals surface area contributed by atoms with Crippen molar-refractivity contribution >= 4 is 17.3 Å². The summed E-state index contributed by atoms with van der Waals surface area (Å²) in [4.78, 5) is 9.04. The van der Waals surface area contributed by atoms with Crippen LogP contribution in [-0.2, 0) is 6.54 Å². The zero-order valence-corrected chi connectivity index (χ0v) is 16.0. The molecule has 0 saturated heterocycles. The number of benzene rings is 1. The van der Waals surface area contributed by atoms with Gasteiger partial charge in [0, 0.05) is 23.9 Å². The van der Waals surface area contributed by atoms with E-state index in [1.54, 1.807) is 11.3 Å². The van der Waals surface area contributed by atoms with Crippen LogP contribution < -0.4 is 15.4 Å². The van der Waals surface area contributed by atoms with Crippen LogP contribution in [0, 0.1) is 11.6 Å². The van der Waals surface area contributed by atoms with E-state index in [1.165, 1.54) is 6.07 Å². The minimum Gasteiger partial charge on any atom is -0.489 e. The molecule has 1 heterocycles. The van der Waals surface area contributed by atoms with E-state index in [9.17, 15) is 8.78 Å². The van der Waals surface area contributed by atoms with E-state index in [2.05, 4.69) is 34.5 Å². The molecule has 8 heteroatoms. The van der Waals surface area contributed by atoms with Crippen LogP contribution in [0.5, 0.6) is 5.75 Å². The second-order valence-corrected chi connectivity index (χ2v) is 6.77. The van der Waals surface area contributed by atoms with Crippen LogP contribution in [0.25, 0.3) is 0 Å². The Morgan fingerprint density at radius 1 is 1.31 bits per heavy atom. The lowest BCUT2D eigenvalue weighted by molar-refractivity contribution is 0.304. The Balaban J connectivity index is 1.82. The predicted molar refractivity (Wildman–Crippen MR) is 101 cm³/mol. The van der Waals surface area contributed by atoms with Crippen LogP contribution in [0.2, 0.25) is 0 Å². The maximum atomic E-state index is 13.5. The van der Waals surface area contributed by atoms with Gasteiger partial charge in [0.05, 0.1) is 23.8 Å². The highest BCUT2D eigenvalue weighted by Crippen LogP contribution is 2.19. The number of hydrogen-bond donors (Lipinski definition) is 2. The van der Waals surface area contributed by atoms with Gasteiger partial charge in [-0.2, -0.15) is 0 Å². The molecule has 0 spiro atoms. The highest BCUT2D eigenvalue weighted by Gasteiger charge is 2.07. The minimum atomic E-state index is -0.713. The number of rotatable bonds is 8. The number of nitrogens with zero attached hydrogens (tertiary/aromatic N) is 2.